The van der Waals surface area contributed by atoms with E-state index in [0.717, 1.165) is 16.0 Å². The molecular weight excluding hydrogens is 344 g/mol. The zero-order valence-corrected chi connectivity index (χ0v) is 14.8. The SMILES string of the molecule is CON(C)C(=O)c1c(-c2ccc(Cl)cc2)nsc1-c1ccccc1. The lowest BCUT2D eigenvalue weighted by Gasteiger charge is -2.15. The Morgan fingerprint density at radius 3 is 2.38 bits per heavy atom. The van der Waals surface area contributed by atoms with Gasteiger partial charge in [-0.05, 0) is 29.2 Å². The molecule has 1 heterocycles. The second kappa shape index (κ2) is 7.13. The van der Waals surface area contributed by atoms with E-state index in [-0.39, 0.29) is 5.91 Å². The lowest BCUT2D eigenvalue weighted by Crippen LogP contribution is -2.26. The zero-order valence-electron chi connectivity index (χ0n) is 13.2. The molecule has 1 amide bonds. The molecule has 0 aliphatic carbocycles. The van der Waals surface area contributed by atoms with Gasteiger partial charge in [0.05, 0.1) is 23.2 Å². The molecule has 1 aromatic heterocycles. The Hall–Kier alpha value is -2.21. The number of benzene rings is 2. The van der Waals surface area contributed by atoms with E-state index in [0.29, 0.717) is 16.3 Å². The number of hydrogen-bond donors (Lipinski definition) is 0. The maximum atomic E-state index is 12.8. The molecule has 122 valence electrons. The van der Waals surface area contributed by atoms with Gasteiger partial charge in [-0.25, -0.2) is 5.06 Å². The number of halogens is 1. The summed E-state index contributed by atoms with van der Waals surface area (Å²) in [5.41, 5.74) is 2.94. The van der Waals surface area contributed by atoms with E-state index in [1.54, 1.807) is 19.2 Å². The molecule has 0 spiro atoms. The fraction of sp³-hybridized carbons (Fsp3) is 0.111. The first-order chi connectivity index (χ1) is 11.6. The van der Waals surface area contributed by atoms with Gasteiger partial charge in [0, 0.05) is 17.6 Å². The number of carbonyl (C=O) groups is 1. The molecular formula is C18H15ClN2O2S. The minimum absolute atomic E-state index is 0.241. The van der Waals surface area contributed by atoms with Crippen LogP contribution in [0, 0.1) is 0 Å². The number of nitrogens with zero attached hydrogens (tertiary/aromatic N) is 2. The van der Waals surface area contributed by atoms with Gasteiger partial charge < -0.3 is 0 Å². The summed E-state index contributed by atoms with van der Waals surface area (Å²) in [4.78, 5) is 18.7. The summed E-state index contributed by atoms with van der Waals surface area (Å²) in [6, 6.07) is 17.0. The van der Waals surface area contributed by atoms with E-state index >= 15 is 0 Å². The van der Waals surface area contributed by atoms with Crippen LogP contribution in [0.5, 0.6) is 0 Å². The van der Waals surface area contributed by atoms with E-state index in [1.807, 2.05) is 42.5 Å². The normalized spacial score (nSPS) is 10.6. The smallest absolute Gasteiger partial charge is 0.274 e. The number of hydrogen-bond acceptors (Lipinski definition) is 4. The third-order valence-corrected chi connectivity index (χ3v) is 4.77. The predicted molar refractivity (Wildman–Crippen MR) is 97.1 cm³/mol. The lowest BCUT2D eigenvalue weighted by atomic mass is 10.0. The van der Waals surface area contributed by atoms with Gasteiger partial charge in [0.15, 0.2) is 0 Å². The highest BCUT2D eigenvalue weighted by molar-refractivity contribution is 7.10. The van der Waals surface area contributed by atoms with Crippen molar-refractivity contribution in [2.75, 3.05) is 14.2 Å². The van der Waals surface area contributed by atoms with Gasteiger partial charge in [0.25, 0.3) is 5.91 Å². The van der Waals surface area contributed by atoms with Crippen LogP contribution < -0.4 is 0 Å². The van der Waals surface area contributed by atoms with Crippen LogP contribution in [0.4, 0.5) is 0 Å². The van der Waals surface area contributed by atoms with Crippen LogP contribution in [-0.2, 0) is 4.84 Å². The molecule has 0 saturated carbocycles. The third-order valence-electron chi connectivity index (χ3n) is 3.62. The highest BCUT2D eigenvalue weighted by Gasteiger charge is 2.25. The summed E-state index contributed by atoms with van der Waals surface area (Å²) in [6.07, 6.45) is 0. The van der Waals surface area contributed by atoms with Crippen molar-refractivity contribution in [2.24, 2.45) is 0 Å². The topological polar surface area (TPSA) is 42.4 Å². The van der Waals surface area contributed by atoms with Gasteiger partial charge in [0.1, 0.15) is 0 Å². The van der Waals surface area contributed by atoms with E-state index in [9.17, 15) is 4.79 Å². The molecule has 24 heavy (non-hydrogen) atoms. The second-order valence-electron chi connectivity index (χ2n) is 5.09. The Labute approximate surface area is 149 Å². The molecule has 4 nitrogen and oxygen atoms in total. The monoisotopic (exact) mass is 358 g/mol. The van der Waals surface area contributed by atoms with Crippen molar-refractivity contribution < 1.29 is 9.63 Å². The Bertz CT molecular complexity index is 847. The Kier molecular flexibility index (Phi) is 4.94. The van der Waals surface area contributed by atoms with Crippen molar-refractivity contribution in [3.63, 3.8) is 0 Å². The highest BCUT2D eigenvalue weighted by Crippen LogP contribution is 2.36. The lowest BCUT2D eigenvalue weighted by molar-refractivity contribution is -0.0755. The molecule has 0 N–H and O–H groups in total. The number of hydroxylamine groups is 2. The van der Waals surface area contributed by atoms with Crippen molar-refractivity contribution in [1.29, 1.82) is 0 Å². The van der Waals surface area contributed by atoms with Gasteiger partial charge in [-0.15, -0.1) is 0 Å². The maximum absolute atomic E-state index is 12.8. The molecule has 3 rings (SSSR count). The third kappa shape index (κ3) is 3.19. The van der Waals surface area contributed by atoms with Gasteiger partial charge in [-0.1, -0.05) is 54.1 Å². The molecule has 0 bridgehead atoms. The number of carbonyl (C=O) groups excluding carboxylic acids is 1. The molecule has 0 unspecified atom stereocenters. The number of rotatable bonds is 4. The summed E-state index contributed by atoms with van der Waals surface area (Å²) in [5, 5.41) is 1.84. The summed E-state index contributed by atoms with van der Waals surface area (Å²) in [7, 11) is 3.04. The predicted octanol–water partition coefficient (Wildman–Crippen LogP) is 4.76. The standard InChI is InChI=1S/C18H15ClN2O2S/c1-21(23-2)18(22)15-16(12-8-10-14(19)11-9-12)20-24-17(15)13-6-4-3-5-7-13/h3-11H,1-2H3. The fourth-order valence-corrected chi connectivity index (χ4v) is 3.34. The summed E-state index contributed by atoms with van der Waals surface area (Å²) in [5.74, 6) is -0.241. The first kappa shape index (κ1) is 16.6. The van der Waals surface area contributed by atoms with Crippen LogP contribution in [0.15, 0.2) is 54.6 Å². The van der Waals surface area contributed by atoms with Gasteiger partial charge in [0.2, 0.25) is 0 Å². The minimum Gasteiger partial charge on any atom is -0.274 e. The van der Waals surface area contributed by atoms with Crippen LogP contribution in [0.1, 0.15) is 10.4 Å². The minimum atomic E-state index is -0.241. The van der Waals surface area contributed by atoms with Crippen LogP contribution in [0.25, 0.3) is 21.7 Å². The van der Waals surface area contributed by atoms with Gasteiger partial charge in [-0.3, -0.25) is 9.63 Å². The number of amides is 1. The Morgan fingerprint density at radius 1 is 1.08 bits per heavy atom. The largest absolute Gasteiger partial charge is 0.280 e. The van der Waals surface area contributed by atoms with Gasteiger partial charge in [-0.2, -0.15) is 4.37 Å². The van der Waals surface area contributed by atoms with Crippen molar-refractivity contribution in [2.45, 2.75) is 0 Å². The molecule has 0 atom stereocenters. The van der Waals surface area contributed by atoms with Crippen LogP contribution in [0.2, 0.25) is 5.02 Å². The van der Waals surface area contributed by atoms with Crippen molar-refractivity contribution in [3.8, 4) is 21.7 Å². The van der Waals surface area contributed by atoms with Crippen LogP contribution >= 0.6 is 23.1 Å². The molecule has 0 radical (unpaired) electrons. The number of aromatic nitrogens is 1. The van der Waals surface area contributed by atoms with Crippen molar-refractivity contribution in [3.05, 3.63) is 65.2 Å². The average Bonchev–Trinajstić information content (AvgIpc) is 3.06. The fourth-order valence-electron chi connectivity index (χ4n) is 2.32. The van der Waals surface area contributed by atoms with Gasteiger partial charge >= 0.3 is 0 Å². The Balaban J connectivity index is 2.18. The molecule has 6 heteroatoms. The molecule has 0 aliphatic rings. The van der Waals surface area contributed by atoms with E-state index in [1.165, 1.54) is 23.7 Å². The quantitative estimate of drug-likeness (QED) is 0.631. The zero-order chi connectivity index (χ0) is 17.1. The van der Waals surface area contributed by atoms with Crippen LogP contribution in [0.3, 0.4) is 0 Å². The van der Waals surface area contributed by atoms with Crippen molar-refractivity contribution in [1.82, 2.24) is 9.44 Å². The molecule has 3 aromatic rings. The second-order valence-corrected chi connectivity index (χ2v) is 6.30. The highest BCUT2D eigenvalue weighted by atomic mass is 35.5. The molecule has 0 saturated heterocycles. The van der Waals surface area contributed by atoms with E-state index in [2.05, 4.69) is 4.37 Å². The first-order valence-electron chi connectivity index (χ1n) is 7.25. The summed E-state index contributed by atoms with van der Waals surface area (Å²) >= 11 is 7.26. The average molecular weight is 359 g/mol. The molecule has 0 fully saturated rings. The van der Waals surface area contributed by atoms with Crippen LogP contribution in [-0.4, -0.2) is 29.5 Å². The summed E-state index contributed by atoms with van der Waals surface area (Å²) < 4.78 is 4.53. The maximum Gasteiger partial charge on any atom is 0.280 e. The van der Waals surface area contributed by atoms with E-state index in [4.69, 9.17) is 16.4 Å². The van der Waals surface area contributed by atoms with E-state index < -0.39 is 0 Å². The van der Waals surface area contributed by atoms with Crippen molar-refractivity contribution >= 4 is 29.0 Å². The molecule has 2 aromatic carbocycles. The Morgan fingerprint density at radius 2 is 1.75 bits per heavy atom. The summed E-state index contributed by atoms with van der Waals surface area (Å²) in [6.45, 7) is 0. The first-order valence-corrected chi connectivity index (χ1v) is 8.40. The molecule has 0 aliphatic heterocycles.